The number of hydrogen-bond acceptors (Lipinski definition) is 3. The summed E-state index contributed by atoms with van der Waals surface area (Å²) in [6.07, 6.45) is 2.05. The van der Waals surface area contributed by atoms with Crippen LogP contribution < -0.4 is 10.1 Å². The van der Waals surface area contributed by atoms with E-state index in [1.807, 2.05) is 24.3 Å². The molecule has 1 aliphatic carbocycles. The number of halogens is 1. The molecule has 1 saturated carbocycles. The van der Waals surface area contributed by atoms with Gasteiger partial charge in [0.05, 0.1) is 0 Å². The van der Waals surface area contributed by atoms with Crippen LogP contribution in [-0.2, 0) is 10.2 Å². The van der Waals surface area contributed by atoms with E-state index in [0.717, 1.165) is 12.8 Å². The van der Waals surface area contributed by atoms with Gasteiger partial charge in [0.25, 0.3) is 5.91 Å². The summed E-state index contributed by atoms with van der Waals surface area (Å²) in [6.45, 7) is 0.110. The Morgan fingerprint density at radius 2 is 1.88 bits per heavy atom. The highest BCUT2D eigenvalue weighted by atomic mass is 35.5. The zero-order valence-corrected chi connectivity index (χ0v) is 14.3. The Morgan fingerprint density at radius 3 is 2.52 bits per heavy atom. The lowest BCUT2D eigenvalue weighted by Gasteiger charge is -2.17. The standard InChI is InChI=1S/C19H18ClNO4/c20-15-6-4-14(5-7-15)19(8-9-19)12-21-18(24)13-2-1-3-16(10-13)25-11-17(22)23/h1-7,10H,8-9,11-12H2,(H,21,24)(H,22,23). The van der Waals surface area contributed by atoms with Gasteiger partial charge >= 0.3 is 5.97 Å². The molecule has 0 heterocycles. The molecule has 2 aromatic rings. The lowest BCUT2D eigenvalue weighted by Crippen LogP contribution is -2.32. The second-order valence-electron chi connectivity index (χ2n) is 6.18. The molecule has 25 heavy (non-hydrogen) atoms. The van der Waals surface area contributed by atoms with E-state index in [-0.39, 0.29) is 11.3 Å². The van der Waals surface area contributed by atoms with Crippen LogP contribution in [0.4, 0.5) is 0 Å². The quantitative estimate of drug-likeness (QED) is 0.795. The molecule has 0 saturated heterocycles. The van der Waals surface area contributed by atoms with Crippen LogP contribution >= 0.6 is 11.6 Å². The molecular weight excluding hydrogens is 342 g/mol. The Kier molecular flexibility index (Phi) is 4.95. The number of carboxylic acid groups (broad SMARTS) is 1. The highest BCUT2D eigenvalue weighted by Crippen LogP contribution is 2.47. The van der Waals surface area contributed by atoms with Crippen LogP contribution in [0.15, 0.2) is 48.5 Å². The number of hydrogen-bond donors (Lipinski definition) is 2. The second-order valence-corrected chi connectivity index (χ2v) is 6.62. The maximum Gasteiger partial charge on any atom is 0.341 e. The van der Waals surface area contributed by atoms with Crippen molar-refractivity contribution in [2.45, 2.75) is 18.3 Å². The van der Waals surface area contributed by atoms with Gasteiger partial charge in [-0.3, -0.25) is 4.79 Å². The number of aliphatic carboxylic acids is 1. The summed E-state index contributed by atoms with van der Waals surface area (Å²) in [5.74, 6) is -0.914. The summed E-state index contributed by atoms with van der Waals surface area (Å²) in [5.41, 5.74) is 1.60. The van der Waals surface area contributed by atoms with Crippen LogP contribution in [0, 0.1) is 0 Å². The molecule has 0 aliphatic heterocycles. The third-order valence-corrected chi connectivity index (χ3v) is 4.61. The molecule has 0 unspecified atom stereocenters. The van der Waals surface area contributed by atoms with Crippen LogP contribution in [0.1, 0.15) is 28.8 Å². The number of carbonyl (C=O) groups excluding carboxylic acids is 1. The maximum atomic E-state index is 12.4. The van der Waals surface area contributed by atoms with E-state index in [0.29, 0.717) is 22.9 Å². The van der Waals surface area contributed by atoms with Gasteiger partial charge in [0, 0.05) is 22.5 Å². The first-order valence-corrected chi connectivity index (χ1v) is 8.35. The molecule has 5 nitrogen and oxygen atoms in total. The van der Waals surface area contributed by atoms with Gasteiger partial charge in [0.2, 0.25) is 0 Å². The summed E-state index contributed by atoms with van der Waals surface area (Å²) < 4.78 is 5.10. The fourth-order valence-electron chi connectivity index (χ4n) is 2.75. The molecule has 6 heteroatoms. The Labute approximate surface area is 150 Å². The van der Waals surface area contributed by atoms with Crippen LogP contribution in [0.3, 0.4) is 0 Å². The van der Waals surface area contributed by atoms with Crippen molar-refractivity contribution in [1.82, 2.24) is 5.32 Å². The number of benzene rings is 2. The van der Waals surface area contributed by atoms with Crippen molar-refractivity contribution in [2.24, 2.45) is 0 Å². The molecule has 1 fully saturated rings. The number of carbonyl (C=O) groups is 2. The SMILES string of the molecule is O=C(O)COc1cccc(C(=O)NCC2(c3ccc(Cl)cc3)CC2)c1. The van der Waals surface area contributed by atoms with Crippen molar-refractivity contribution >= 4 is 23.5 Å². The fourth-order valence-corrected chi connectivity index (χ4v) is 2.87. The minimum absolute atomic E-state index is 0.0162. The minimum Gasteiger partial charge on any atom is -0.482 e. The predicted octanol–water partition coefficient (Wildman–Crippen LogP) is 3.27. The third-order valence-electron chi connectivity index (χ3n) is 4.36. The number of carboxylic acids is 1. The van der Waals surface area contributed by atoms with Gasteiger partial charge < -0.3 is 15.2 Å². The van der Waals surface area contributed by atoms with Gasteiger partial charge in [-0.25, -0.2) is 4.79 Å². The van der Waals surface area contributed by atoms with E-state index in [1.165, 1.54) is 5.56 Å². The summed E-state index contributed by atoms with van der Waals surface area (Å²) >= 11 is 5.93. The van der Waals surface area contributed by atoms with Gasteiger partial charge in [0.15, 0.2) is 6.61 Å². The Balaban J connectivity index is 1.62. The first-order valence-electron chi connectivity index (χ1n) is 7.97. The van der Waals surface area contributed by atoms with Crippen LogP contribution in [-0.4, -0.2) is 30.1 Å². The normalized spacial score (nSPS) is 14.6. The number of nitrogens with one attached hydrogen (secondary N) is 1. The average Bonchev–Trinajstić information content (AvgIpc) is 3.40. The number of rotatable bonds is 7. The molecule has 2 N–H and O–H groups in total. The highest BCUT2D eigenvalue weighted by molar-refractivity contribution is 6.30. The van der Waals surface area contributed by atoms with E-state index in [2.05, 4.69) is 5.32 Å². The van der Waals surface area contributed by atoms with Gasteiger partial charge in [-0.1, -0.05) is 29.8 Å². The van der Waals surface area contributed by atoms with Crippen molar-refractivity contribution in [3.63, 3.8) is 0 Å². The minimum atomic E-state index is -1.06. The number of ether oxygens (including phenoxy) is 1. The molecule has 2 aromatic carbocycles. The van der Waals surface area contributed by atoms with E-state index in [9.17, 15) is 9.59 Å². The van der Waals surface area contributed by atoms with E-state index in [4.69, 9.17) is 21.4 Å². The van der Waals surface area contributed by atoms with Crippen molar-refractivity contribution in [3.05, 3.63) is 64.7 Å². The predicted molar refractivity (Wildman–Crippen MR) is 94.3 cm³/mol. The summed E-state index contributed by atoms with van der Waals surface area (Å²) in [7, 11) is 0. The lowest BCUT2D eigenvalue weighted by molar-refractivity contribution is -0.139. The summed E-state index contributed by atoms with van der Waals surface area (Å²) in [5, 5.41) is 12.3. The monoisotopic (exact) mass is 359 g/mol. The molecule has 130 valence electrons. The molecule has 0 spiro atoms. The zero-order valence-electron chi connectivity index (χ0n) is 13.5. The van der Waals surface area contributed by atoms with Crippen molar-refractivity contribution in [2.75, 3.05) is 13.2 Å². The van der Waals surface area contributed by atoms with E-state index in [1.54, 1.807) is 24.3 Å². The van der Waals surface area contributed by atoms with Gasteiger partial charge in [-0.05, 0) is 48.7 Å². The van der Waals surface area contributed by atoms with Gasteiger partial charge in [-0.2, -0.15) is 0 Å². The lowest BCUT2D eigenvalue weighted by atomic mass is 9.96. The van der Waals surface area contributed by atoms with Crippen molar-refractivity contribution in [3.8, 4) is 5.75 Å². The molecule has 3 rings (SSSR count). The Morgan fingerprint density at radius 1 is 1.16 bits per heavy atom. The molecule has 0 bridgehead atoms. The fraction of sp³-hybridized carbons (Fsp3) is 0.263. The van der Waals surface area contributed by atoms with E-state index >= 15 is 0 Å². The third kappa shape index (κ3) is 4.31. The maximum absolute atomic E-state index is 12.4. The second kappa shape index (κ2) is 7.15. The van der Waals surface area contributed by atoms with Crippen LogP contribution in [0.2, 0.25) is 5.02 Å². The largest absolute Gasteiger partial charge is 0.482 e. The zero-order chi connectivity index (χ0) is 17.9. The van der Waals surface area contributed by atoms with Crippen molar-refractivity contribution < 1.29 is 19.4 Å². The van der Waals surface area contributed by atoms with Crippen molar-refractivity contribution in [1.29, 1.82) is 0 Å². The smallest absolute Gasteiger partial charge is 0.341 e. The van der Waals surface area contributed by atoms with Gasteiger partial charge in [0.1, 0.15) is 5.75 Å². The highest BCUT2D eigenvalue weighted by Gasteiger charge is 2.44. The molecule has 0 atom stereocenters. The van der Waals surface area contributed by atoms with Crippen LogP contribution in [0.5, 0.6) is 5.75 Å². The topological polar surface area (TPSA) is 75.6 Å². The first-order chi connectivity index (χ1) is 12.0. The first kappa shape index (κ1) is 17.3. The molecule has 0 aromatic heterocycles. The molecular formula is C19H18ClNO4. The number of amides is 1. The Bertz CT molecular complexity index is 784. The summed E-state index contributed by atoms with van der Waals surface area (Å²) in [6, 6.07) is 14.2. The average molecular weight is 360 g/mol. The summed E-state index contributed by atoms with van der Waals surface area (Å²) in [4.78, 5) is 22.9. The van der Waals surface area contributed by atoms with E-state index < -0.39 is 12.6 Å². The van der Waals surface area contributed by atoms with Gasteiger partial charge in [-0.15, -0.1) is 0 Å². The van der Waals surface area contributed by atoms with Crippen LogP contribution in [0.25, 0.3) is 0 Å². The molecule has 1 aliphatic rings. The Hall–Kier alpha value is -2.53. The molecule has 1 amide bonds. The molecule has 0 radical (unpaired) electrons.